The molecule has 0 N–H and O–H groups in total. The molecule has 0 radical (unpaired) electrons. The summed E-state index contributed by atoms with van der Waals surface area (Å²) in [6.07, 6.45) is 7.21. The number of hydrogen-bond acceptors (Lipinski definition) is 0. The van der Waals surface area contributed by atoms with Gasteiger partial charge in [0.2, 0.25) is 0 Å². The Morgan fingerprint density at radius 3 is 1.63 bits per heavy atom. The van der Waals surface area contributed by atoms with E-state index in [-0.39, 0.29) is 48.7 Å². The SMILES string of the molecule is C=C(C)CC(C)(C)C(C)(C)CC1(C)CC1(C)c1cc(C(C)(C)C)cc(C(C)(C)C(C)(C)CC(C)(C)C(C)(C)C=C(C)C)c1. The molecule has 2 rings (SSSR count). The van der Waals surface area contributed by atoms with Crippen molar-refractivity contribution in [1.82, 2.24) is 0 Å². The summed E-state index contributed by atoms with van der Waals surface area (Å²) in [4.78, 5) is 0. The largest absolute Gasteiger partial charge is 0.100 e. The first-order valence-corrected chi connectivity index (χ1v) is 17.2. The summed E-state index contributed by atoms with van der Waals surface area (Å²) in [5, 5.41) is 0. The number of benzene rings is 1. The van der Waals surface area contributed by atoms with Gasteiger partial charge in [-0.1, -0.05) is 153 Å². The molecule has 1 aromatic carbocycles. The molecule has 0 aromatic heterocycles. The maximum absolute atomic E-state index is 4.27. The zero-order valence-electron chi connectivity index (χ0n) is 32.8. The van der Waals surface area contributed by atoms with E-state index in [1.807, 2.05) is 0 Å². The Morgan fingerprint density at radius 2 is 1.19 bits per heavy atom. The van der Waals surface area contributed by atoms with E-state index in [2.05, 4.69) is 169 Å². The highest BCUT2D eigenvalue weighted by molar-refractivity contribution is 5.46. The van der Waals surface area contributed by atoms with Gasteiger partial charge in [0.25, 0.3) is 0 Å². The van der Waals surface area contributed by atoms with Crippen LogP contribution in [0.15, 0.2) is 42.0 Å². The van der Waals surface area contributed by atoms with Crippen molar-refractivity contribution in [2.45, 2.75) is 180 Å². The van der Waals surface area contributed by atoms with Crippen LogP contribution in [-0.2, 0) is 16.2 Å². The minimum absolute atomic E-state index is 0.00569. The van der Waals surface area contributed by atoms with Crippen LogP contribution in [0.5, 0.6) is 0 Å². The minimum atomic E-state index is 0.00569. The molecule has 2 atom stereocenters. The van der Waals surface area contributed by atoms with Crippen molar-refractivity contribution < 1.29 is 0 Å². The first kappa shape index (κ1) is 37.9. The summed E-state index contributed by atoms with van der Waals surface area (Å²) in [7, 11) is 0. The van der Waals surface area contributed by atoms with Crippen molar-refractivity contribution >= 4 is 0 Å². The molecule has 0 heterocycles. The Balaban J connectivity index is 2.62. The van der Waals surface area contributed by atoms with Crippen LogP contribution in [0.2, 0.25) is 0 Å². The number of rotatable bonds is 12. The topological polar surface area (TPSA) is 0 Å². The third-order valence-electron chi connectivity index (χ3n) is 13.5. The molecule has 1 saturated carbocycles. The quantitative estimate of drug-likeness (QED) is 0.212. The molecule has 0 aliphatic heterocycles. The third kappa shape index (κ3) is 7.41. The predicted octanol–water partition coefficient (Wildman–Crippen LogP) is 13.8. The number of allylic oxidation sites excluding steroid dienone is 3. The molecule has 1 fully saturated rings. The van der Waals surface area contributed by atoms with Crippen molar-refractivity contribution in [3.8, 4) is 0 Å². The van der Waals surface area contributed by atoms with Gasteiger partial charge < -0.3 is 0 Å². The van der Waals surface area contributed by atoms with E-state index >= 15 is 0 Å². The van der Waals surface area contributed by atoms with Crippen LogP contribution in [0.4, 0.5) is 0 Å². The molecule has 0 saturated heterocycles. The molecule has 0 nitrogen and oxygen atoms in total. The molecule has 0 spiro atoms. The Kier molecular flexibility index (Phi) is 9.86. The van der Waals surface area contributed by atoms with E-state index in [1.54, 1.807) is 5.56 Å². The van der Waals surface area contributed by atoms with Gasteiger partial charge in [-0.05, 0) is 112 Å². The van der Waals surface area contributed by atoms with Crippen molar-refractivity contribution in [1.29, 1.82) is 0 Å². The third-order valence-corrected chi connectivity index (χ3v) is 13.5. The fraction of sp³-hybridized carbons (Fsp3) is 0.767. The molecule has 2 unspecified atom stereocenters. The van der Waals surface area contributed by atoms with Crippen LogP contribution in [-0.4, -0.2) is 0 Å². The van der Waals surface area contributed by atoms with Gasteiger partial charge in [-0.3, -0.25) is 0 Å². The lowest BCUT2D eigenvalue weighted by Crippen LogP contribution is -2.44. The summed E-state index contributed by atoms with van der Waals surface area (Å²) in [6.45, 7) is 53.0. The van der Waals surface area contributed by atoms with Crippen LogP contribution < -0.4 is 0 Å². The minimum Gasteiger partial charge on any atom is -0.100 e. The average molecular weight is 591 g/mol. The zero-order chi connectivity index (χ0) is 34.0. The van der Waals surface area contributed by atoms with Gasteiger partial charge in [-0.2, -0.15) is 0 Å². The maximum Gasteiger partial charge on any atom is -0.00153 e. The normalized spacial score (nSPS) is 22.4. The van der Waals surface area contributed by atoms with Crippen LogP contribution in [0.1, 0.15) is 181 Å². The summed E-state index contributed by atoms with van der Waals surface area (Å²) < 4.78 is 0. The molecule has 1 aromatic rings. The van der Waals surface area contributed by atoms with E-state index in [9.17, 15) is 0 Å². The molecule has 246 valence electrons. The molecule has 0 heteroatoms. The second kappa shape index (κ2) is 11.2. The Hall–Kier alpha value is -1.30. The van der Waals surface area contributed by atoms with Gasteiger partial charge in [-0.25, -0.2) is 0 Å². The number of hydrogen-bond donors (Lipinski definition) is 0. The Bertz CT molecular complexity index is 1210. The highest BCUT2D eigenvalue weighted by Gasteiger charge is 2.64. The fourth-order valence-corrected chi connectivity index (χ4v) is 8.25. The second-order valence-electron chi connectivity index (χ2n) is 20.7. The van der Waals surface area contributed by atoms with Gasteiger partial charge in [-0.15, -0.1) is 6.58 Å². The van der Waals surface area contributed by atoms with Gasteiger partial charge in [0.05, 0.1) is 0 Å². The van der Waals surface area contributed by atoms with Crippen molar-refractivity contribution in [3.05, 3.63) is 58.7 Å². The molecule has 1 aliphatic carbocycles. The van der Waals surface area contributed by atoms with E-state index in [0.717, 1.165) is 12.8 Å². The maximum atomic E-state index is 4.27. The van der Waals surface area contributed by atoms with Crippen LogP contribution >= 0.6 is 0 Å². The molecule has 43 heavy (non-hydrogen) atoms. The smallest absolute Gasteiger partial charge is 0.00153 e. The van der Waals surface area contributed by atoms with Gasteiger partial charge in [0.1, 0.15) is 0 Å². The Morgan fingerprint density at radius 1 is 0.698 bits per heavy atom. The summed E-state index contributed by atoms with van der Waals surface area (Å²) in [5.41, 5.74) is 8.60. The highest BCUT2D eigenvalue weighted by atomic mass is 14.7. The monoisotopic (exact) mass is 591 g/mol. The van der Waals surface area contributed by atoms with Crippen molar-refractivity contribution in [2.24, 2.45) is 32.5 Å². The Labute approximate surface area is 271 Å². The summed E-state index contributed by atoms with van der Waals surface area (Å²) >= 11 is 0. The van der Waals surface area contributed by atoms with E-state index < -0.39 is 0 Å². The van der Waals surface area contributed by atoms with Crippen LogP contribution in [0.3, 0.4) is 0 Å². The summed E-state index contributed by atoms with van der Waals surface area (Å²) in [6, 6.07) is 7.76. The summed E-state index contributed by atoms with van der Waals surface area (Å²) in [5.74, 6) is 0. The fourth-order valence-electron chi connectivity index (χ4n) is 8.25. The zero-order valence-corrected chi connectivity index (χ0v) is 32.8. The van der Waals surface area contributed by atoms with Crippen molar-refractivity contribution in [3.63, 3.8) is 0 Å². The molecule has 0 bridgehead atoms. The molecular weight excluding hydrogens is 516 g/mol. The van der Waals surface area contributed by atoms with Gasteiger partial charge >= 0.3 is 0 Å². The van der Waals surface area contributed by atoms with E-state index in [1.165, 1.54) is 35.1 Å². The van der Waals surface area contributed by atoms with Gasteiger partial charge in [0, 0.05) is 0 Å². The average Bonchev–Trinajstić information content (AvgIpc) is 3.30. The lowest BCUT2D eigenvalue weighted by molar-refractivity contribution is 0.0484. The van der Waals surface area contributed by atoms with E-state index in [4.69, 9.17) is 0 Å². The lowest BCUT2D eigenvalue weighted by Gasteiger charge is -2.51. The van der Waals surface area contributed by atoms with Crippen molar-refractivity contribution in [2.75, 3.05) is 0 Å². The van der Waals surface area contributed by atoms with Gasteiger partial charge in [0.15, 0.2) is 0 Å². The first-order valence-electron chi connectivity index (χ1n) is 17.2. The molecule has 0 amide bonds. The standard InChI is InChI=1S/C43H74/c1-30(2)25-36(8,9)38(12,13)27-40(16,17)41(18,19)33-22-32(35(5,6)7)23-34(24-33)43(21)29-42(43,20)28-39(14,15)37(10,11)26-31(3)4/h22-25H,3,26-29H2,1-2,4-21H3. The highest BCUT2D eigenvalue weighted by Crippen LogP contribution is 2.70. The molecular formula is C43H74. The molecule has 1 aliphatic rings. The van der Waals surface area contributed by atoms with Crippen LogP contribution in [0, 0.1) is 32.5 Å². The first-order chi connectivity index (χ1) is 18.8. The van der Waals surface area contributed by atoms with Crippen LogP contribution in [0.25, 0.3) is 0 Å². The lowest BCUT2D eigenvalue weighted by atomic mass is 9.53. The second-order valence-corrected chi connectivity index (χ2v) is 20.7. The predicted molar refractivity (Wildman–Crippen MR) is 195 cm³/mol. The van der Waals surface area contributed by atoms with E-state index in [0.29, 0.717) is 0 Å².